The number of rotatable bonds is 7. The third-order valence-corrected chi connectivity index (χ3v) is 6.66. The van der Waals surface area contributed by atoms with Crippen molar-refractivity contribution in [3.63, 3.8) is 0 Å². The number of esters is 1. The summed E-state index contributed by atoms with van der Waals surface area (Å²) in [7, 11) is 0. The van der Waals surface area contributed by atoms with E-state index in [2.05, 4.69) is 77.4 Å². The monoisotopic (exact) mass is 462 g/mol. The molecule has 4 heteroatoms. The first-order chi connectivity index (χ1) is 17.3. The van der Waals surface area contributed by atoms with Gasteiger partial charge in [-0.1, -0.05) is 116 Å². The van der Waals surface area contributed by atoms with Crippen LogP contribution in [0.1, 0.15) is 35.8 Å². The van der Waals surface area contributed by atoms with Crippen LogP contribution in [-0.2, 0) is 11.3 Å². The van der Waals surface area contributed by atoms with Crippen molar-refractivity contribution in [3.8, 4) is 5.75 Å². The van der Waals surface area contributed by atoms with Gasteiger partial charge in [0.25, 0.3) is 0 Å². The van der Waals surface area contributed by atoms with Crippen molar-refractivity contribution < 1.29 is 9.53 Å². The lowest BCUT2D eigenvalue weighted by molar-refractivity contribution is -0.140. The van der Waals surface area contributed by atoms with E-state index in [4.69, 9.17) is 4.74 Å². The van der Waals surface area contributed by atoms with Crippen LogP contribution in [0.3, 0.4) is 0 Å². The molecule has 176 valence electrons. The third kappa shape index (κ3) is 4.90. The molecule has 1 fully saturated rings. The Bertz CT molecular complexity index is 1220. The lowest BCUT2D eigenvalue weighted by Crippen LogP contribution is -2.42. The molecule has 3 atom stereocenters. The number of para-hydroxylation sites is 1. The molecule has 0 spiro atoms. The van der Waals surface area contributed by atoms with Gasteiger partial charge >= 0.3 is 5.97 Å². The Balaban J connectivity index is 1.62. The second-order valence-corrected chi connectivity index (χ2v) is 8.81. The first kappa shape index (κ1) is 23.0. The van der Waals surface area contributed by atoms with Gasteiger partial charge in [-0.05, 0) is 35.4 Å². The molecule has 4 aromatic rings. The molecule has 1 aliphatic heterocycles. The summed E-state index contributed by atoms with van der Waals surface area (Å²) in [6, 6.07) is 40.0. The highest BCUT2D eigenvalue weighted by molar-refractivity contribution is 5.80. The predicted molar refractivity (Wildman–Crippen MR) is 139 cm³/mol. The first-order valence-electron chi connectivity index (χ1n) is 12.2. The summed E-state index contributed by atoms with van der Waals surface area (Å²) in [5, 5.41) is 0. The van der Waals surface area contributed by atoms with E-state index in [1.165, 1.54) is 11.1 Å². The minimum absolute atomic E-state index is 0.0695. The molecular weight excluding hydrogens is 432 g/mol. The van der Waals surface area contributed by atoms with Gasteiger partial charge in [-0.15, -0.1) is 0 Å². The van der Waals surface area contributed by atoms with E-state index >= 15 is 0 Å². The Morgan fingerprint density at radius 3 is 1.77 bits per heavy atom. The second-order valence-electron chi connectivity index (χ2n) is 8.81. The van der Waals surface area contributed by atoms with Gasteiger partial charge in [-0.3, -0.25) is 9.80 Å². The van der Waals surface area contributed by atoms with Gasteiger partial charge in [0.15, 0.2) is 0 Å². The van der Waals surface area contributed by atoms with Crippen LogP contribution >= 0.6 is 0 Å². The van der Waals surface area contributed by atoms with Crippen LogP contribution in [0, 0.1) is 0 Å². The van der Waals surface area contributed by atoms with Crippen LogP contribution in [0.15, 0.2) is 121 Å². The minimum atomic E-state index is -0.462. The minimum Gasteiger partial charge on any atom is -0.425 e. The van der Waals surface area contributed by atoms with Gasteiger partial charge in [0.2, 0.25) is 0 Å². The van der Waals surface area contributed by atoms with Gasteiger partial charge in [0.1, 0.15) is 11.8 Å². The van der Waals surface area contributed by atoms with Crippen molar-refractivity contribution in [2.45, 2.75) is 31.7 Å². The zero-order valence-corrected chi connectivity index (χ0v) is 19.9. The predicted octanol–water partition coefficient (Wildman–Crippen LogP) is 6.24. The topological polar surface area (TPSA) is 32.8 Å². The maximum absolute atomic E-state index is 13.9. The average Bonchev–Trinajstić information content (AvgIpc) is 3.24. The molecule has 1 saturated heterocycles. The Kier molecular flexibility index (Phi) is 7.03. The van der Waals surface area contributed by atoms with Gasteiger partial charge in [-0.25, -0.2) is 4.79 Å². The summed E-state index contributed by atoms with van der Waals surface area (Å²) in [6.45, 7) is 3.54. The molecular formula is C31H30N2O2. The van der Waals surface area contributed by atoms with Crippen LogP contribution in [0.5, 0.6) is 5.75 Å². The highest BCUT2D eigenvalue weighted by atomic mass is 16.5. The fourth-order valence-electron chi connectivity index (χ4n) is 5.17. The largest absolute Gasteiger partial charge is 0.425 e. The number of nitrogens with zero attached hydrogens (tertiary/aromatic N) is 2. The summed E-state index contributed by atoms with van der Waals surface area (Å²) in [6.07, 6.45) is -0.0695. The average molecular weight is 463 g/mol. The molecule has 0 aliphatic carbocycles. The summed E-state index contributed by atoms with van der Waals surface area (Å²) in [5.74, 6) is 0.335. The van der Waals surface area contributed by atoms with Gasteiger partial charge in [0.05, 0.1) is 12.2 Å². The Hall–Kier alpha value is -3.73. The quantitative estimate of drug-likeness (QED) is 0.240. The van der Waals surface area contributed by atoms with Crippen molar-refractivity contribution in [1.29, 1.82) is 0 Å². The highest BCUT2D eigenvalue weighted by Crippen LogP contribution is 2.46. The number of hydrogen-bond acceptors (Lipinski definition) is 4. The van der Waals surface area contributed by atoms with Crippen LogP contribution < -0.4 is 4.74 Å². The van der Waals surface area contributed by atoms with E-state index in [1.54, 1.807) is 0 Å². The summed E-state index contributed by atoms with van der Waals surface area (Å²) < 4.78 is 5.96. The van der Waals surface area contributed by atoms with Crippen molar-refractivity contribution in [1.82, 2.24) is 9.80 Å². The molecule has 0 N–H and O–H groups in total. The molecule has 0 unspecified atom stereocenters. The molecule has 5 rings (SSSR count). The molecule has 0 amide bonds. The molecule has 1 aliphatic rings. The van der Waals surface area contributed by atoms with Crippen molar-refractivity contribution in [2.24, 2.45) is 0 Å². The molecule has 35 heavy (non-hydrogen) atoms. The number of benzene rings is 4. The molecule has 0 radical (unpaired) electrons. The molecule has 4 nitrogen and oxygen atoms in total. The van der Waals surface area contributed by atoms with Crippen LogP contribution in [0.4, 0.5) is 0 Å². The van der Waals surface area contributed by atoms with Crippen LogP contribution in [0.2, 0.25) is 0 Å². The number of ether oxygens (including phenoxy) is 1. The SMILES string of the molecule is CCN1[C@H](c2ccccc2)N(Cc2ccccc2)[C@H](c2ccccc2)[C@@H]1C(=O)Oc1ccccc1. The maximum Gasteiger partial charge on any atom is 0.330 e. The highest BCUT2D eigenvalue weighted by Gasteiger charge is 2.51. The maximum atomic E-state index is 13.9. The normalized spacial score (nSPS) is 20.5. The Labute approximate surface area is 207 Å². The molecule has 0 aromatic heterocycles. The van der Waals surface area contributed by atoms with Gasteiger partial charge in [0, 0.05) is 6.54 Å². The fourth-order valence-corrected chi connectivity index (χ4v) is 5.17. The number of carbonyl (C=O) groups is 1. The first-order valence-corrected chi connectivity index (χ1v) is 12.2. The summed E-state index contributed by atoms with van der Waals surface area (Å²) in [5.41, 5.74) is 3.49. The van der Waals surface area contributed by atoms with E-state index in [1.807, 2.05) is 60.7 Å². The number of hydrogen-bond donors (Lipinski definition) is 0. The molecule has 4 aromatic carbocycles. The van der Waals surface area contributed by atoms with E-state index in [0.717, 1.165) is 5.56 Å². The zero-order chi connectivity index (χ0) is 24.0. The van der Waals surface area contributed by atoms with E-state index in [0.29, 0.717) is 18.8 Å². The van der Waals surface area contributed by atoms with Crippen molar-refractivity contribution in [3.05, 3.63) is 138 Å². The lowest BCUT2D eigenvalue weighted by atomic mass is 9.98. The van der Waals surface area contributed by atoms with Gasteiger partial charge < -0.3 is 4.74 Å². The summed E-state index contributed by atoms with van der Waals surface area (Å²) >= 11 is 0. The smallest absolute Gasteiger partial charge is 0.330 e. The Morgan fingerprint density at radius 1 is 0.686 bits per heavy atom. The molecule has 0 bridgehead atoms. The van der Waals surface area contributed by atoms with Crippen molar-refractivity contribution >= 4 is 5.97 Å². The zero-order valence-electron chi connectivity index (χ0n) is 19.9. The van der Waals surface area contributed by atoms with Crippen LogP contribution in [-0.4, -0.2) is 28.4 Å². The Morgan fingerprint density at radius 2 is 1.20 bits per heavy atom. The third-order valence-electron chi connectivity index (χ3n) is 6.66. The molecule has 1 heterocycles. The van der Waals surface area contributed by atoms with E-state index in [-0.39, 0.29) is 18.2 Å². The second kappa shape index (κ2) is 10.7. The summed E-state index contributed by atoms with van der Waals surface area (Å²) in [4.78, 5) is 18.6. The van der Waals surface area contributed by atoms with E-state index < -0.39 is 6.04 Å². The molecule has 0 saturated carbocycles. The number of carbonyl (C=O) groups excluding carboxylic acids is 1. The number of likely N-dealkylation sites (N-methyl/N-ethyl adjacent to an activating group) is 1. The lowest BCUT2D eigenvalue weighted by Gasteiger charge is -2.32. The standard InChI is InChI=1S/C31H30N2O2/c1-2-32-29(31(34)35-27-21-13-6-14-22-27)28(25-17-9-4-10-18-25)33(23-24-15-7-3-8-16-24)30(32)26-19-11-5-12-20-26/h3-22,28-30H,2,23H2,1H3/t28-,29-,30+/m1/s1. The van der Waals surface area contributed by atoms with Crippen LogP contribution in [0.25, 0.3) is 0 Å². The van der Waals surface area contributed by atoms with E-state index in [9.17, 15) is 4.79 Å². The fraction of sp³-hybridized carbons (Fsp3) is 0.194. The van der Waals surface area contributed by atoms with Crippen molar-refractivity contribution in [2.75, 3.05) is 6.54 Å². The van der Waals surface area contributed by atoms with Gasteiger partial charge in [-0.2, -0.15) is 0 Å².